The molecule has 0 saturated carbocycles. The van der Waals surface area contributed by atoms with Crippen LogP contribution in [0.3, 0.4) is 0 Å². The second-order valence-corrected chi connectivity index (χ2v) is 8.07. The topological polar surface area (TPSA) is 31.6 Å². The number of rotatable bonds is 6. The van der Waals surface area contributed by atoms with Crippen LogP contribution < -0.4 is 9.80 Å². The first kappa shape index (κ1) is 19.1. The lowest BCUT2D eigenvalue weighted by atomic mass is 10.0. The zero-order valence-electron chi connectivity index (χ0n) is 16.5. The molecule has 2 heterocycles. The van der Waals surface area contributed by atoms with Gasteiger partial charge in [-0.1, -0.05) is 48.5 Å². The van der Waals surface area contributed by atoms with E-state index in [1.807, 2.05) is 22.2 Å². The van der Waals surface area contributed by atoms with E-state index in [-0.39, 0.29) is 0 Å². The summed E-state index contributed by atoms with van der Waals surface area (Å²) < 4.78 is 4.83. The first-order valence-corrected chi connectivity index (χ1v) is 10.5. The van der Waals surface area contributed by atoms with Crippen molar-refractivity contribution in [3.63, 3.8) is 0 Å². The van der Waals surface area contributed by atoms with Crippen LogP contribution in [0.4, 0.5) is 0 Å². The molecule has 1 aliphatic rings. The van der Waals surface area contributed by atoms with Gasteiger partial charge in [0.1, 0.15) is 38.5 Å². The average Bonchev–Trinajstić information content (AvgIpc) is 2.97. The molecule has 1 aliphatic heterocycles. The highest BCUT2D eigenvalue weighted by molar-refractivity contribution is 7.71. The van der Waals surface area contributed by atoms with E-state index in [0.29, 0.717) is 0 Å². The van der Waals surface area contributed by atoms with Gasteiger partial charge in [0.25, 0.3) is 0 Å². The zero-order valence-corrected chi connectivity index (χ0v) is 17.3. The number of aromatic nitrogens is 3. The number of aryl methyl sites for hydroxylation is 1. The zero-order chi connectivity index (χ0) is 19.5. The Morgan fingerprint density at radius 2 is 1.79 bits per heavy atom. The van der Waals surface area contributed by atoms with Crippen molar-refractivity contribution < 1.29 is 9.80 Å². The van der Waals surface area contributed by atoms with Crippen LogP contribution in [0, 0.1) is 11.7 Å². The van der Waals surface area contributed by atoms with Crippen LogP contribution in [0.2, 0.25) is 0 Å². The normalized spacial score (nSPS) is 19.8. The van der Waals surface area contributed by atoms with E-state index in [1.165, 1.54) is 29.4 Å². The maximum atomic E-state index is 5.60. The molecule has 0 radical (unpaired) electrons. The summed E-state index contributed by atoms with van der Waals surface area (Å²) in [5.41, 5.74) is 1.46. The van der Waals surface area contributed by atoms with E-state index >= 15 is 0 Å². The van der Waals surface area contributed by atoms with Gasteiger partial charge in [-0.25, -0.2) is 0 Å². The third-order valence-corrected chi connectivity index (χ3v) is 6.21. The predicted molar refractivity (Wildman–Crippen MR) is 115 cm³/mol. The number of piperazine rings is 1. The van der Waals surface area contributed by atoms with Gasteiger partial charge < -0.3 is 14.4 Å². The van der Waals surface area contributed by atoms with Gasteiger partial charge in [-0.05, 0) is 29.9 Å². The van der Waals surface area contributed by atoms with Crippen LogP contribution in [0.15, 0.2) is 55.1 Å². The molecule has 0 spiro atoms. The molecule has 1 saturated heterocycles. The van der Waals surface area contributed by atoms with Crippen molar-refractivity contribution in [2.75, 3.05) is 26.2 Å². The molecule has 6 heteroatoms. The number of benzene rings is 2. The van der Waals surface area contributed by atoms with Gasteiger partial charge >= 0.3 is 0 Å². The molecule has 0 amide bonds. The van der Waals surface area contributed by atoms with Crippen molar-refractivity contribution in [3.8, 4) is 0 Å². The van der Waals surface area contributed by atoms with Gasteiger partial charge in [0.2, 0.25) is 4.77 Å². The quantitative estimate of drug-likeness (QED) is 0.482. The van der Waals surface area contributed by atoms with Crippen LogP contribution >= 0.6 is 12.2 Å². The molecule has 0 bridgehead atoms. The largest absolute Gasteiger partial charge is 0.322 e. The van der Waals surface area contributed by atoms with E-state index in [2.05, 4.69) is 54.1 Å². The number of hydrogen-bond donors (Lipinski definition) is 2. The minimum absolute atomic E-state index is 0.725. The van der Waals surface area contributed by atoms with Crippen molar-refractivity contribution in [2.45, 2.75) is 26.7 Å². The summed E-state index contributed by atoms with van der Waals surface area (Å²) >= 11 is 5.60. The third-order valence-electron chi connectivity index (χ3n) is 5.78. The lowest BCUT2D eigenvalue weighted by Gasteiger charge is -2.29. The minimum Gasteiger partial charge on any atom is -0.322 e. The molecule has 28 heavy (non-hydrogen) atoms. The van der Waals surface area contributed by atoms with Gasteiger partial charge in [0.15, 0.2) is 6.67 Å². The molecular weight excluding hydrogens is 366 g/mol. The van der Waals surface area contributed by atoms with Crippen LogP contribution in [-0.2, 0) is 19.8 Å². The number of fused-ring (bicyclic) bond motifs is 1. The molecule has 2 N–H and O–H groups in total. The Bertz CT molecular complexity index is 1020. The number of nitrogens with one attached hydrogen (secondary N) is 2. The highest BCUT2D eigenvalue weighted by Gasteiger charge is 2.24. The first-order valence-electron chi connectivity index (χ1n) is 10.0. The fourth-order valence-electron chi connectivity index (χ4n) is 4.21. The Hall–Kier alpha value is -2.28. The standard InChI is InChI=1S/C22H27N5S/c1-3-11-26-18(2)23-27(22(26)28)17-25-14-12-24(13-15-25)16-20-9-6-8-19-7-4-5-10-21(19)20/h3-10H,1,11-17H2,2H3/p+2. The van der Waals surface area contributed by atoms with Crippen molar-refractivity contribution in [3.05, 3.63) is 71.3 Å². The maximum Gasteiger partial charge on any atom is 0.203 e. The molecule has 1 fully saturated rings. The Balaban J connectivity index is 1.38. The van der Waals surface area contributed by atoms with E-state index in [1.54, 1.807) is 9.80 Å². The molecule has 0 atom stereocenters. The monoisotopic (exact) mass is 395 g/mol. The first-order chi connectivity index (χ1) is 13.7. The fraction of sp³-hybridized carbons (Fsp3) is 0.364. The van der Waals surface area contributed by atoms with Crippen LogP contribution in [-0.4, -0.2) is 40.5 Å². The minimum atomic E-state index is 0.725. The summed E-state index contributed by atoms with van der Waals surface area (Å²) in [4.78, 5) is 3.22. The van der Waals surface area contributed by atoms with Gasteiger partial charge in [0.05, 0.1) is 0 Å². The van der Waals surface area contributed by atoms with Crippen molar-refractivity contribution in [1.82, 2.24) is 14.3 Å². The number of allylic oxidation sites excluding steroid dienone is 1. The molecule has 0 aliphatic carbocycles. The van der Waals surface area contributed by atoms with Crippen LogP contribution in [0.5, 0.6) is 0 Å². The summed E-state index contributed by atoms with van der Waals surface area (Å²) in [6.45, 7) is 13.2. The summed E-state index contributed by atoms with van der Waals surface area (Å²) in [5.74, 6) is 0.963. The molecule has 2 aromatic carbocycles. The summed E-state index contributed by atoms with van der Waals surface area (Å²) in [6.07, 6.45) is 1.87. The van der Waals surface area contributed by atoms with Gasteiger partial charge in [-0.2, -0.15) is 9.78 Å². The fourth-order valence-corrected chi connectivity index (χ4v) is 4.52. The van der Waals surface area contributed by atoms with E-state index in [0.717, 1.165) is 43.4 Å². The highest BCUT2D eigenvalue weighted by atomic mass is 32.1. The van der Waals surface area contributed by atoms with Gasteiger partial charge in [-0.3, -0.25) is 0 Å². The molecule has 1 aromatic heterocycles. The molecule has 0 unspecified atom stereocenters. The number of quaternary nitrogens is 2. The van der Waals surface area contributed by atoms with E-state index in [9.17, 15) is 0 Å². The molecule has 5 nitrogen and oxygen atoms in total. The van der Waals surface area contributed by atoms with Gasteiger partial charge in [0, 0.05) is 12.1 Å². The second-order valence-electron chi connectivity index (χ2n) is 7.70. The molecular formula is C22H29N5S+2. The van der Waals surface area contributed by atoms with Crippen LogP contribution in [0.1, 0.15) is 11.4 Å². The maximum absolute atomic E-state index is 5.60. The molecule has 3 aromatic rings. The van der Waals surface area contributed by atoms with Crippen molar-refractivity contribution in [1.29, 1.82) is 0 Å². The second kappa shape index (κ2) is 8.39. The highest BCUT2D eigenvalue weighted by Crippen LogP contribution is 2.17. The SMILES string of the molecule is C=CCn1c(C)nn(C[NH+]2CC[NH+](Cc3cccc4ccccc34)CC2)c1=S. The summed E-state index contributed by atoms with van der Waals surface area (Å²) in [7, 11) is 0. The average molecular weight is 396 g/mol. The molecule has 146 valence electrons. The van der Waals surface area contributed by atoms with Gasteiger partial charge in [-0.15, -0.1) is 6.58 Å². The lowest BCUT2D eigenvalue weighted by Crippen LogP contribution is -3.27. The predicted octanol–water partition coefficient (Wildman–Crippen LogP) is 1.00. The van der Waals surface area contributed by atoms with E-state index in [4.69, 9.17) is 12.2 Å². The number of hydrogen-bond acceptors (Lipinski definition) is 2. The van der Waals surface area contributed by atoms with E-state index < -0.39 is 0 Å². The Morgan fingerprint density at radius 1 is 1.07 bits per heavy atom. The van der Waals surface area contributed by atoms with Crippen molar-refractivity contribution >= 4 is 23.0 Å². The van der Waals surface area contributed by atoms with Crippen LogP contribution in [0.25, 0.3) is 10.8 Å². The summed E-state index contributed by atoms with van der Waals surface area (Å²) in [5, 5.41) is 7.37. The Labute approximate surface area is 171 Å². The number of nitrogens with zero attached hydrogens (tertiary/aromatic N) is 3. The Morgan fingerprint density at radius 3 is 2.57 bits per heavy atom. The molecule has 4 rings (SSSR count). The smallest absolute Gasteiger partial charge is 0.203 e. The summed E-state index contributed by atoms with van der Waals surface area (Å²) in [6, 6.07) is 15.4. The lowest BCUT2D eigenvalue weighted by molar-refractivity contribution is -1.03. The third kappa shape index (κ3) is 3.94. The van der Waals surface area contributed by atoms with Crippen molar-refractivity contribution in [2.24, 2.45) is 0 Å². The Kier molecular flexibility index (Phi) is 5.71.